The van der Waals surface area contributed by atoms with Crippen molar-refractivity contribution in [1.29, 1.82) is 0 Å². The first-order chi connectivity index (χ1) is 11.1. The van der Waals surface area contributed by atoms with E-state index in [9.17, 15) is 9.59 Å². The maximum absolute atomic E-state index is 12.4. The van der Waals surface area contributed by atoms with E-state index in [4.69, 9.17) is 15.9 Å². The Kier molecular flexibility index (Phi) is 7.28. The van der Waals surface area contributed by atoms with Gasteiger partial charge in [0.25, 0.3) is 0 Å². The summed E-state index contributed by atoms with van der Waals surface area (Å²) < 4.78 is 0. The number of nitrogens with two attached hydrogens (primary N) is 1. The van der Waals surface area contributed by atoms with E-state index in [1.807, 2.05) is 0 Å². The molecule has 1 aliphatic rings. The second kappa shape index (κ2) is 8.53. The fourth-order valence-electron chi connectivity index (χ4n) is 3.99. The van der Waals surface area contributed by atoms with Gasteiger partial charge in [-0.2, -0.15) is 0 Å². The third-order valence-corrected chi connectivity index (χ3v) is 4.49. The highest BCUT2D eigenvalue weighted by molar-refractivity contribution is 5.74. The molecule has 1 saturated carbocycles. The highest BCUT2D eigenvalue weighted by Gasteiger charge is 2.42. The van der Waals surface area contributed by atoms with Crippen molar-refractivity contribution in [1.82, 2.24) is 15.5 Å². The van der Waals surface area contributed by atoms with Crippen LogP contribution in [-0.4, -0.2) is 66.1 Å². The van der Waals surface area contributed by atoms with Crippen molar-refractivity contribution >= 4 is 12.1 Å². The Balaban J connectivity index is 2.75. The molecule has 1 rings (SSSR count). The van der Waals surface area contributed by atoms with Crippen LogP contribution >= 0.6 is 0 Å². The maximum Gasteiger partial charge on any atom is 0.317 e. The van der Waals surface area contributed by atoms with E-state index in [1.54, 1.807) is 0 Å². The zero-order chi connectivity index (χ0) is 18.4. The summed E-state index contributed by atoms with van der Waals surface area (Å²) in [5.74, 6) is 0. The Bertz CT molecular complexity index is 438. The molecule has 0 aromatic rings. The second-order valence-corrected chi connectivity index (χ2v) is 7.86. The zero-order valence-corrected chi connectivity index (χ0v) is 15.0. The largest absolute Gasteiger partial charge is 0.395 e. The molecule has 4 amide bonds. The van der Waals surface area contributed by atoms with Crippen molar-refractivity contribution in [3.8, 4) is 0 Å². The summed E-state index contributed by atoms with van der Waals surface area (Å²) in [6.07, 6.45) is 2.48. The highest BCUT2D eigenvalue weighted by Crippen LogP contribution is 2.45. The van der Waals surface area contributed by atoms with Crippen LogP contribution in [0.15, 0.2) is 0 Å². The minimum Gasteiger partial charge on any atom is -0.395 e. The number of rotatable bonds is 7. The molecule has 140 valence electrons. The van der Waals surface area contributed by atoms with Gasteiger partial charge in [0.1, 0.15) is 0 Å². The van der Waals surface area contributed by atoms with Crippen molar-refractivity contribution in [3.05, 3.63) is 0 Å². The number of carbonyl (C=O) groups is 2. The summed E-state index contributed by atoms with van der Waals surface area (Å²) in [6, 6.07) is -0.871. The van der Waals surface area contributed by atoms with Gasteiger partial charge in [0.2, 0.25) is 0 Å². The van der Waals surface area contributed by atoms with Crippen molar-refractivity contribution in [2.75, 3.05) is 32.8 Å². The molecule has 0 bridgehead atoms. The molecule has 6 N–H and O–H groups in total. The van der Waals surface area contributed by atoms with Crippen molar-refractivity contribution in [2.45, 2.75) is 46.1 Å². The molecular formula is C16H32N4O4. The second-order valence-electron chi connectivity index (χ2n) is 7.86. The first-order valence-electron chi connectivity index (χ1n) is 8.41. The lowest BCUT2D eigenvalue weighted by atomic mass is 9.62. The van der Waals surface area contributed by atoms with Crippen LogP contribution in [0.4, 0.5) is 9.59 Å². The number of primary amides is 1. The standard InChI is InChI=1S/C16H32N4O4/c1-15(2)8-12(9-16(3,10-15)11-18-13(17)23)19-14(24)20(4-6-21)5-7-22/h12,21-22H,4-11H2,1-3H3,(H,19,24)(H3,17,18,23). The van der Waals surface area contributed by atoms with Gasteiger partial charge in [-0.15, -0.1) is 0 Å². The monoisotopic (exact) mass is 344 g/mol. The molecule has 0 radical (unpaired) electrons. The Hall–Kier alpha value is -1.54. The molecule has 8 heteroatoms. The van der Waals surface area contributed by atoms with Crippen molar-refractivity contribution in [3.63, 3.8) is 0 Å². The Morgan fingerprint density at radius 3 is 2.25 bits per heavy atom. The number of hydrogen-bond donors (Lipinski definition) is 5. The van der Waals surface area contributed by atoms with Gasteiger partial charge < -0.3 is 31.5 Å². The van der Waals surface area contributed by atoms with Crippen LogP contribution in [0.3, 0.4) is 0 Å². The minimum absolute atomic E-state index is 0.0169. The van der Waals surface area contributed by atoms with Gasteiger partial charge in [-0.05, 0) is 30.1 Å². The first-order valence-corrected chi connectivity index (χ1v) is 8.41. The molecule has 0 aromatic heterocycles. The lowest BCUT2D eigenvalue weighted by Crippen LogP contribution is -2.53. The Labute approximate surface area is 143 Å². The number of aliphatic hydroxyl groups is 2. The highest BCUT2D eigenvalue weighted by atomic mass is 16.3. The van der Waals surface area contributed by atoms with Crippen LogP contribution in [0.25, 0.3) is 0 Å². The number of amides is 4. The number of urea groups is 2. The third kappa shape index (κ3) is 6.52. The van der Waals surface area contributed by atoms with Gasteiger partial charge in [0, 0.05) is 25.7 Å². The van der Waals surface area contributed by atoms with Gasteiger partial charge >= 0.3 is 12.1 Å². The number of aliphatic hydroxyl groups excluding tert-OH is 2. The summed E-state index contributed by atoms with van der Waals surface area (Å²) in [5, 5.41) is 23.8. The molecule has 24 heavy (non-hydrogen) atoms. The molecule has 2 atom stereocenters. The molecule has 0 aromatic carbocycles. The lowest BCUT2D eigenvalue weighted by molar-refractivity contribution is 0.0712. The van der Waals surface area contributed by atoms with E-state index in [0.717, 1.165) is 19.3 Å². The molecule has 0 heterocycles. The van der Waals surface area contributed by atoms with E-state index >= 15 is 0 Å². The molecule has 0 aliphatic heterocycles. The van der Waals surface area contributed by atoms with E-state index in [0.29, 0.717) is 6.54 Å². The average Bonchev–Trinajstić information content (AvgIpc) is 2.43. The van der Waals surface area contributed by atoms with Gasteiger partial charge in [0.15, 0.2) is 0 Å². The van der Waals surface area contributed by atoms with Crippen LogP contribution in [-0.2, 0) is 0 Å². The Morgan fingerprint density at radius 1 is 1.17 bits per heavy atom. The van der Waals surface area contributed by atoms with Crippen LogP contribution in [0.2, 0.25) is 0 Å². The molecule has 8 nitrogen and oxygen atoms in total. The van der Waals surface area contributed by atoms with E-state index in [1.165, 1.54) is 4.90 Å². The summed E-state index contributed by atoms with van der Waals surface area (Å²) >= 11 is 0. The lowest BCUT2D eigenvalue weighted by Gasteiger charge is -2.47. The summed E-state index contributed by atoms with van der Waals surface area (Å²) in [6.45, 7) is 6.91. The average molecular weight is 344 g/mol. The van der Waals surface area contributed by atoms with Gasteiger partial charge in [0.05, 0.1) is 13.2 Å². The maximum atomic E-state index is 12.4. The van der Waals surface area contributed by atoms with Crippen LogP contribution in [0, 0.1) is 10.8 Å². The van der Waals surface area contributed by atoms with Gasteiger partial charge in [-0.1, -0.05) is 20.8 Å². The van der Waals surface area contributed by atoms with Crippen LogP contribution in [0.5, 0.6) is 0 Å². The van der Waals surface area contributed by atoms with E-state index < -0.39 is 6.03 Å². The number of nitrogens with zero attached hydrogens (tertiary/aromatic N) is 1. The minimum atomic E-state index is -0.544. The smallest absolute Gasteiger partial charge is 0.317 e. The topological polar surface area (TPSA) is 128 Å². The predicted molar refractivity (Wildman–Crippen MR) is 91.4 cm³/mol. The molecule has 0 spiro atoms. The van der Waals surface area contributed by atoms with Crippen LogP contribution in [0.1, 0.15) is 40.0 Å². The number of nitrogens with one attached hydrogen (secondary N) is 2. The van der Waals surface area contributed by atoms with Gasteiger partial charge in [-0.25, -0.2) is 9.59 Å². The third-order valence-electron chi connectivity index (χ3n) is 4.49. The van der Waals surface area contributed by atoms with Crippen LogP contribution < -0.4 is 16.4 Å². The Morgan fingerprint density at radius 2 is 1.75 bits per heavy atom. The number of carbonyl (C=O) groups excluding carboxylic acids is 2. The quantitative estimate of drug-likeness (QED) is 0.453. The predicted octanol–water partition coefficient (Wildman–Crippen LogP) is 0.236. The van der Waals surface area contributed by atoms with E-state index in [-0.39, 0.29) is 49.2 Å². The van der Waals surface area contributed by atoms with Crippen molar-refractivity contribution in [2.24, 2.45) is 16.6 Å². The number of hydrogen-bond acceptors (Lipinski definition) is 4. The molecule has 1 aliphatic carbocycles. The zero-order valence-electron chi connectivity index (χ0n) is 15.0. The molecular weight excluding hydrogens is 312 g/mol. The molecule has 0 saturated heterocycles. The van der Waals surface area contributed by atoms with Gasteiger partial charge in [-0.3, -0.25) is 0 Å². The molecule has 1 fully saturated rings. The SMILES string of the molecule is CC1(C)CC(NC(=O)N(CCO)CCO)CC(C)(CNC(N)=O)C1. The summed E-state index contributed by atoms with van der Waals surface area (Å²) in [7, 11) is 0. The summed E-state index contributed by atoms with van der Waals surface area (Å²) in [4.78, 5) is 24.8. The van der Waals surface area contributed by atoms with Crippen molar-refractivity contribution < 1.29 is 19.8 Å². The summed E-state index contributed by atoms with van der Waals surface area (Å²) in [5.41, 5.74) is 5.04. The normalized spacial score (nSPS) is 25.8. The fraction of sp³-hybridized carbons (Fsp3) is 0.875. The van der Waals surface area contributed by atoms with E-state index in [2.05, 4.69) is 31.4 Å². The fourth-order valence-corrected chi connectivity index (χ4v) is 3.99. The first kappa shape index (κ1) is 20.5. The molecule has 2 unspecified atom stereocenters.